The number of hydrogen-bond acceptors (Lipinski definition) is 0. The number of alkyl halides is 4. The molecule has 0 unspecified atom stereocenters. The molecule has 0 spiro atoms. The van der Waals surface area contributed by atoms with Gasteiger partial charge in [0.15, 0.2) is 6.67 Å². The summed E-state index contributed by atoms with van der Waals surface area (Å²) < 4.78 is 31.1. The Morgan fingerprint density at radius 1 is 1.50 bits per heavy atom. The number of hydrogen-bond donors (Lipinski definition) is 0. The molecule has 0 aromatic carbocycles. The van der Waals surface area contributed by atoms with Crippen molar-refractivity contribution in [3.8, 4) is 0 Å². The molecule has 0 saturated carbocycles. The largest absolute Gasteiger partial charge is 0.266 e. The van der Waals surface area contributed by atoms with E-state index in [1.807, 2.05) is 6.92 Å². The van der Waals surface area contributed by atoms with Crippen LogP contribution in [0.25, 0.3) is 0 Å². The first kappa shape index (κ1) is 11.0. The zero-order valence-electron chi connectivity index (χ0n) is 4.50. The highest BCUT2D eigenvalue weighted by Gasteiger charge is 1.95. The van der Waals surface area contributed by atoms with Gasteiger partial charge in [0.1, 0.15) is 0 Å². The molecule has 52 valence electrons. The van der Waals surface area contributed by atoms with Crippen molar-refractivity contribution in [3.63, 3.8) is 0 Å². The van der Waals surface area contributed by atoms with Gasteiger partial charge < -0.3 is 0 Å². The summed E-state index contributed by atoms with van der Waals surface area (Å²) in [6.07, 6.45) is -2.78. The van der Waals surface area contributed by atoms with Crippen molar-refractivity contribution in [3.05, 3.63) is 0 Å². The van der Waals surface area contributed by atoms with Crippen molar-refractivity contribution in [2.75, 3.05) is 12.6 Å². The van der Waals surface area contributed by atoms with Crippen LogP contribution in [0, 0.1) is 0 Å². The molecule has 0 saturated heterocycles. The van der Waals surface area contributed by atoms with E-state index in [4.69, 9.17) is 11.6 Å². The molecule has 0 heterocycles. The normalized spacial score (nSPS) is 8.25. The summed E-state index contributed by atoms with van der Waals surface area (Å²) in [7, 11) is 0. The SMILES string of the molecule is CCCl.FCC(F)F. The fourth-order valence-electron chi connectivity index (χ4n) is 0. The molecule has 0 aliphatic carbocycles. The fourth-order valence-corrected chi connectivity index (χ4v) is 0. The molecule has 0 aromatic rings. The molecule has 0 aromatic heterocycles. The Balaban J connectivity index is 0. The molecule has 8 heavy (non-hydrogen) atoms. The Morgan fingerprint density at radius 3 is 1.62 bits per heavy atom. The summed E-state index contributed by atoms with van der Waals surface area (Å²) in [6, 6.07) is 0. The lowest BCUT2D eigenvalue weighted by Crippen LogP contribution is -1.88. The standard InChI is InChI=1S/C2H5Cl.C2H3F3/c1-2-3;3-1-2(4)5/h2H2,1H3;2H,1H2. The van der Waals surface area contributed by atoms with Gasteiger partial charge in [-0.3, -0.25) is 0 Å². The quantitative estimate of drug-likeness (QED) is 0.501. The Bertz CT molecular complexity index is 32.5. The zero-order chi connectivity index (χ0) is 6.99. The molecule has 4 heteroatoms. The Kier molecular flexibility index (Phi) is 13.9. The highest BCUT2D eigenvalue weighted by atomic mass is 35.5. The van der Waals surface area contributed by atoms with E-state index in [9.17, 15) is 13.2 Å². The summed E-state index contributed by atoms with van der Waals surface area (Å²) in [5.41, 5.74) is 0. The molecule has 0 nitrogen and oxygen atoms in total. The third-order valence-electron chi connectivity index (χ3n) is 0.117. The topological polar surface area (TPSA) is 0 Å². The minimum Gasteiger partial charge on any atom is -0.245 e. The third kappa shape index (κ3) is 36.3. The van der Waals surface area contributed by atoms with Crippen LogP contribution in [-0.4, -0.2) is 19.0 Å². The second-order valence-electron chi connectivity index (χ2n) is 0.813. The maximum absolute atomic E-state index is 10.4. The van der Waals surface area contributed by atoms with Crippen molar-refractivity contribution < 1.29 is 13.2 Å². The van der Waals surface area contributed by atoms with Crippen LogP contribution in [0.1, 0.15) is 6.92 Å². The number of rotatable bonds is 1. The molecule has 0 atom stereocenters. The van der Waals surface area contributed by atoms with Crippen LogP contribution >= 0.6 is 11.6 Å². The van der Waals surface area contributed by atoms with E-state index in [0.717, 1.165) is 5.88 Å². The van der Waals surface area contributed by atoms with Gasteiger partial charge in [0.2, 0.25) is 0 Å². The molecule has 0 aliphatic rings. The van der Waals surface area contributed by atoms with Gasteiger partial charge in [-0.15, -0.1) is 11.6 Å². The molecule has 0 radical (unpaired) electrons. The van der Waals surface area contributed by atoms with E-state index >= 15 is 0 Å². The lowest BCUT2D eigenvalue weighted by Gasteiger charge is -1.78. The van der Waals surface area contributed by atoms with E-state index in [2.05, 4.69) is 0 Å². The average molecular weight is 149 g/mol. The molecule has 0 amide bonds. The monoisotopic (exact) mass is 148 g/mol. The lowest BCUT2D eigenvalue weighted by atomic mass is 10.8. The van der Waals surface area contributed by atoms with E-state index in [1.54, 1.807) is 0 Å². The van der Waals surface area contributed by atoms with Gasteiger partial charge in [-0.2, -0.15) is 0 Å². The van der Waals surface area contributed by atoms with Gasteiger partial charge in [0, 0.05) is 5.88 Å². The first-order valence-electron chi connectivity index (χ1n) is 2.09. The minimum atomic E-state index is -2.78. The highest BCUT2D eigenvalue weighted by molar-refractivity contribution is 6.17. The summed E-state index contributed by atoms with van der Waals surface area (Å²) in [5, 5.41) is 0. The minimum absolute atomic E-state index is 0.722. The van der Waals surface area contributed by atoms with Crippen LogP contribution in [0.3, 0.4) is 0 Å². The van der Waals surface area contributed by atoms with Crippen LogP contribution in [0.2, 0.25) is 0 Å². The van der Waals surface area contributed by atoms with Gasteiger partial charge in [0.25, 0.3) is 6.43 Å². The third-order valence-corrected chi connectivity index (χ3v) is 0.117. The molecule has 0 fully saturated rings. The molecular formula is C4H8ClF3. The van der Waals surface area contributed by atoms with Crippen LogP contribution in [0.15, 0.2) is 0 Å². The zero-order valence-corrected chi connectivity index (χ0v) is 5.26. The van der Waals surface area contributed by atoms with Gasteiger partial charge in [-0.05, 0) is 0 Å². The van der Waals surface area contributed by atoms with E-state index in [1.165, 1.54) is 0 Å². The molecule has 0 N–H and O–H groups in total. The first-order chi connectivity index (χ1) is 3.68. The van der Waals surface area contributed by atoms with Gasteiger partial charge in [0.05, 0.1) is 0 Å². The van der Waals surface area contributed by atoms with Crippen molar-refractivity contribution in [1.82, 2.24) is 0 Å². The van der Waals surface area contributed by atoms with Crippen molar-refractivity contribution in [1.29, 1.82) is 0 Å². The predicted molar refractivity (Wildman–Crippen MR) is 28.4 cm³/mol. The smallest absolute Gasteiger partial charge is 0.245 e. The average Bonchev–Trinajstić information content (AvgIpc) is 1.69. The summed E-state index contributed by atoms with van der Waals surface area (Å²) in [4.78, 5) is 0. The van der Waals surface area contributed by atoms with E-state index in [-0.39, 0.29) is 0 Å². The number of halogens is 4. The molecule has 0 aliphatic heterocycles. The van der Waals surface area contributed by atoms with E-state index in [0.29, 0.717) is 0 Å². The maximum Gasteiger partial charge on any atom is 0.266 e. The fraction of sp³-hybridized carbons (Fsp3) is 1.00. The summed E-state index contributed by atoms with van der Waals surface area (Å²) >= 11 is 5.00. The Labute approximate surface area is 51.6 Å². The molecule has 0 rings (SSSR count). The summed E-state index contributed by atoms with van der Waals surface area (Å²) in [6.45, 7) is 0.363. The van der Waals surface area contributed by atoms with Gasteiger partial charge in [-0.25, -0.2) is 13.2 Å². The Hall–Kier alpha value is 0.0800. The lowest BCUT2D eigenvalue weighted by molar-refractivity contribution is 0.113. The second-order valence-corrected chi connectivity index (χ2v) is 1.35. The van der Waals surface area contributed by atoms with E-state index < -0.39 is 13.1 Å². The van der Waals surface area contributed by atoms with Crippen molar-refractivity contribution in [2.24, 2.45) is 0 Å². The highest BCUT2D eigenvalue weighted by Crippen LogP contribution is 1.88. The molecule has 0 bridgehead atoms. The van der Waals surface area contributed by atoms with Crippen LogP contribution in [0.5, 0.6) is 0 Å². The van der Waals surface area contributed by atoms with Crippen LogP contribution < -0.4 is 0 Å². The maximum atomic E-state index is 10.4. The second kappa shape index (κ2) is 10.1. The van der Waals surface area contributed by atoms with Crippen LogP contribution in [0.4, 0.5) is 13.2 Å². The predicted octanol–water partition coefficient (Wildman–Crippen LogP) is 2.47. The van der Waals surface area contributed by atoms with Crippen molar-refractivity contribution in [2.45, 2.75) is 13.3 Å². The first-order valence-corrected chi connectivity index (χ1v) is 2.62. The van der Waals surface area contributed by atoms with Gasteiger partial charge >= 0.3 is 0 Å². The van der Waals surface area contributed by atoms with Gasteiger partial charge in [-0.1, -0.05) is 6.92 Å². The summed E-state index contributed by atoms with van der Waals surface area (Å²) in [5.74, 6) is 0.722. The van der Waals surface area contributed by atoms with Crippen LogP contribution in [-0.2, 0) is 0 Å². The Morgan fingerprint density at radius 2 is 1.62 bits per heavy atom. The molecular weight excluding hydrogens is 140 g/mol. The van der Waals surface area contributed by atoms with Crippen molar-refractivity contribution >= 4 is 11.6 Å².